The van der Waals surface area contributed by atoms with Gasteiger partial charge in [-0.25, -0.2) is 4.39 Å². The van der Waals surface area contributed by atoms with Gasteiger partial charge in [-0.3, -0.25) is 0 Å². The number of fused-ring (bicyclic) bond motifs is 1. The maximum atomic E-state index is 14.0. The van der Waals surface area contributed by atoms with E-state index in [-0.39, 0.29) is 5.82 Å². The molecule has 1 aromatic carbocycles. The first-order valence-electron chi connectivity index (χ1n) is 7.41. The standard InChI is InChI=1S/C16H23FN2/c1-3-6-18-8-13-10-19(11-14(13)9-18)16-5-4-12(2)7-15(16)17/h4-5,7,13-14H,3,6,8-11H2,1-2H3. The Kier molecular flexibility index (Phi) is 3.48. The molecule has 3 heteroatoms. The van der Waals surface area contributed by atoms with Gasteiger partial charge in [0.1, 0.15) is 5.82 Å². The van der Waals surface area contributed by atoms with E-state index in [0.29, 0.717) is 0 Å². The number of benzene rings is 1. The Morgan fingerprint density at radius 2 is 1.84 bits per heavy atom. The molecule has 2 aliphatic rings. The van der Waals surface area contributed by atoms with Crippen molar-refractivity contribution >= 4 is 5.69 Å². The lowest BCUT2D eigenvalue weighted by Gasteiger charge is -2.23. The Balaban J connectivity index is 1.68. The van der Waals surface area contributed by atoms with Gasteiger partial charge in [0, 0.05) is 26.2 Å². The van der Waals surface area contributed by atoms with E-state index in [2.05, 4.69) is 16.7 Å². The minimum absolute atomic E-state index is 0.0645. The Hall–Kier alpha value is -1.09. The molecule has 0 aliphatic carbocycles. The molecule has 0 bridgehead atoms. The first-order chi connectivity index (χ1) is 9.17. The van der Waals surface area contributed by atoms with E-state index < -0.39 is 0 Å². The number of rotatable bonds is 3. The van der Waals surface area contributed by atoms with Crippen molar-refractivity contribution in [2.75, 3.05) is 37.6 Å². The number of hydrogen-bond donors (Lipinski definition) is 0. The summed E-state index contributed by atoms with van der Waals surface area (Å²) in [5.74, 6) is 1.39. The molecule has 2 unspecified atom stereocenters. The first-order valence-corrected chi connectivity index (χ1v) is 7.41. The number of nitrogens with zero attached hydrogens (tertiary/aromatic N) is 2. The van der Waals surface area contributed by atoms with Crippen molar-refractivity contribution in [2.45, 2.75) is 20.3 Å². The molecule has 2 nitrogen and oxygen atoms in total. The lowest BCUT2D eigenvalue weighted by atomic mass is 10.0. The zero-order valence-corrected chi connectivity index (χ0v) is 11.9. The van der Waals surface area contributed by atoms with Gasteiger partial charge in [-0.2, -0.15) is 0 Å². The van der Waals surface area contributed by atoms with Gasteiger partial charge in [-0.15, -0.1) is 0 Å². The molecule has 2 atom stereocenters. The minimum Gasteiger partial charge on any atom is -0.368 e. The SMILES string of the molecule is CCCN1CC2CN(c3ccc(C)cc3F)CC2C1. The molecule has 0 spiro atoms. The third kappa shape index (κ3) is 2.48. The van der Waals surface area contributed by atoms with Crippen LogP contribution in [0.4, 0.5) is 10.1 Å². The van der Waals surface area contributed by atoms with E-state index >= 15 is 0 Å². The maximum absolute atomic E-state index is 14.0. The van der Waals surface area contributed by atoms with Crippen LogP contribution in [0.3, 0.4) is 0 Å². The van der Waals surface area contributed by atoms with Crippen molar-refractivity contribution < 1.29 is 4.39 Å². The van der Waals surface area contributed by atoms with E-state index in [1.807, 2.05) is 19.1 Å². The highest BCUT2D eigenvalue weighted by molar-refractivity contribution is 5.50. The van der Waals surface area contributed by atoms with Crippen molar-refractivity contribution in [3.8, 4) is 0 Å². The van der Waals surface area contributed by atoms with Crippen molar-refractivity contribution in [1.29, 1.82) is 0 Å². The molecule has 0 aromatic heterocycles. The average molecular weight is 262 g/mol. The summed E-state index contributed by atoms with van der Waals surface area (Å²) < 4.78 is 14.0. The number of aryl methyl sites for hydroxylation is 1. The molecule has 0 saturated carbocycles. The molecule has 1 aromatic rings. The zero-order chi connectivity index (χ0) is 13.4. The highest BCUT2D eigenvalue weighted by Gasteiger charge is 2.40. The predicted octanol–water partition coefficient (Wildman–Crippen LogP) is 2.91. The topological polar surface area (TPSA) is 6.48 Å². The van der Waals surface area contributed by atoms with Crippen LogP contribution in [0.25, 0.3) is 0 Å². The van der Waals surface area contributed by atoms with Gasteiger partial charge < -0.3 is 9.80 Å². The number of halogens is 1. The second kappa shape index (κ2) is 5.12. The molecule has 19 heavy (non-hydrogen) atoms. The van der Waals surface area contributed by atoms with Crippen LogP contribution in [-0.4, -0.2) is 37.6 Å². The Bertz CT molecular complexity index is 446. The summed E-state index contributed by atoms with van der Waals surface area (Å²) in [6.07, 6.45) is 1.23. The van der Waals surface area contributed by atoms with Crippen molar-refractivity contribution in [2.24, 2.45) is 11.8 Å². The third-order valence-electron chi connectivity index (χ3n) is 4.55. The summed E-state index contributed by atoms with van der Waals surface area (Å²) in [5.41, 5.74) is 1.79. The molecular formula is C16H23FN2. The molecule has 0 amide bonds. The van der Waals surface area contributed by atoms with E-state index in [1.54, 1.807) is 6.07 Å². The molecule has 2 aliphatic heterocycles. The monoisotopic (exact) mass is 262 g/mol. The zero-order valence-electron chi connectivity index (χ0n) is 11.9. The van der Waals surface area contributed by atoms with Crippen LogP contribution in [0.2, 0.25) is 0 Å². The van der Waals surface area contributed by atoms with Gasteiger partial charge in [0.25, 0.3) is 0 Å². The number of likely N-dealkylation sites (tertiary alicyclic amines) is 1. The molecule has 0 N–H and O–H groups in total. The minimum atomic E-state index is -0.0645. The number of anilines is 1. The lowest BCUT2D eigenvalue weighted by molar-refractivity contribution is 0.317. The van der Waals surface area contributed by atoms with Crippen LogP contribution < -0.4 is 4.90 Å². The summed E-state index contributed by atoms with van der Waals surface area (Å²) in [4.78, 5) is 4.81. The lowest BCUT2D eigenvalue weighted by Crippen LogP contribution is -2.29. The fourth-order valence-corrected chi connectivity index (χ4v) is 3.65. The molecule has 0 radical (unpaired) electrons. The van der Waals surface area contributed by atoms with E-state index in [1.165, 1.54) is 26.1 Å². The molecule has 3 rings (SSSR count). The second-order valence-corrected chi connectivity index (χ2v) is 6.14. The maximum Gasteiger partial charge on any atom is 0.146 e. The molecular weight excluding hydrogens is 239 g/mol. The Morgan fingerprint density at radius 1 is 1.16 bits per heavy atom. The van der Waals surface area contributed by atoms with Gasteiger partial charge >= 0.3 is 0 Å². The summed E-state index contributed by atoms with van der Waals surface area (Å²) in [6, 6.07) is 5.60. The summed E-state index contributed by atoms with van der Waals surface area (Å²) >= 11 is 0. The Morgan fingerprint density at radius 3 is 2.42 bits per heavy atom. The van der Waals surface area contributed by atoms with Crippen LogP contribution in [0, 0.1) is 24.6 Å². The fraction of sp³-hybridized carbons (Fsp3) is 0.625. The normalized spacial score (nSPS) is 27.0. The quantitative estimate of drug-likeness (QED) is 0.826. The van der Waals surface area contributed by atoms with Crippen molar-refractivity contribution in [3.63, 3.8) is 0 Å². The first kappa shape index (κ1) is 12.9. The summed E-state index contributed by atoms with van der Waals surface area (Å²) in [6.45, 7) is 9.82. The molecule has 104 valence electrons. The summed E-state index contributed by atoms with van der Waals surface area (Å²) in [5, 5.41) is 0. The van der Waals surface area contributed by atoms with Gasteiger partial charge in [0.2, 0.25) is 0 Å². The van der Waals surface area contributed by atoms with Crippen molar-refractivity contribution in [1.82, 2.24) is 4.90 Å². The third-order valence-corrected chi connectivity index (χ3v) is 4.55. The molecule has 2 heterocycles. The van der Waals surface area contributed by atoms with Gasteiger partial charge in [0.05, 0.1) is 5.69 Å². The summed E-state index contributed by atoms with van der Waals surface area (Å²) in [7, 11) is 0. The highest BCUT2D eigenvalue weighted by Crippen LogP contribution is 2.35. The Labute approximate surface area is 115 Å². The van der Waals surface area contributed by atoms with Crippen LogP contribution in [0.15, 0.2) is 18.2 Å². The van der Waals surface area contributed by atoms with E-state index in [4.69, 9.17) is 0 Å². The average Bonchev–Trinajstić information content (AvgIpc) is 2.87. The fourth-order valence-electron chi connectivity index (χ4n) is 3.65. The van der Waals surface area contributed by atoms with E-state index in [9.17, 15) is 4.39 Å². The van der Waals surface area contributed by atoms with Crippen LogP contribution >= 0.6 is 0 Å². The van der Waals surface area contributed by atoms with Gasteiger partial charge in [0.15, 0.2) is 0 Å². The van der Waals surface area contributed by atoms with Crippen molar-refractivity contribution in [3.05, 3.63) is 29.6 Å². The molecule has 2 fully saturated rings. The van der Waals surface area contributed by atoms with Gasteiger partial charge in [-0.05, 0) is 49.4 Å². The van der Waals surface area contributed by atoms with E-state index in [0.717, 1.165) is 36.2 Å². The van der Waals surface area contributed by atoms with Crippen LogP contribution in [-0.2, 0) is 0 Å². The predicted molar refractivity (Wildman–Crippen MR) is 77.1 cm³/mol. The largest absolute Gasteiger partial charge is 0.368 e. The highest BCUT2D eigenvalue weighted by atomic mass is 19.1. The van der Waals surface area contributed by atoms with Crippen LogP contribution in [0.1, 0.15) is 18.9 Å². The second-order valence-electron chi connectivity index (χ2n) is 6.14. The smallest absolute Gasteiger partial charge is 0.146 e. The van der Waals surface area contributed by atoms with Gasteiger partial charge in [-0.1, -0.05) is 13.0 Å². The number of hydrogen-bond acceptors (Lipinski definition) is 2. The van der Waals surface area contributed by atoms with Crippen LogP contribution in [0.5, 0.6) is 0 Å². The molecule has 2 saturated heterocycles.